The lowest BCUT2D eigenvalue weighted by molar-refractivity contribution is -0.00000620. The molecule has 0 aromatic heterocycles. The molecule has 0 saturated heterocycles. The van der Waals surface area contributed by atoms with E-state index in [2.05, 4.69) is 4.72 Å². The third kappa shape index (κ3) is 3.79. The van der Waals surface area contributed by atoms with Crippen molar-refractivity contribution in [2.24, 2.45) is 0 Å². The normalized spacial score (nSPS) is 10.6. The Kier molecular flexibility index (Phi) is 4.67. The van der Waals surface area contributed by atoms with E-state index in [1.54, 1.807) is 36.4 Å². The van der Waals surface area contributed by atoms with Crippen molar-refractivity contribution in [2.45, 2.75) is 18.7 Å². The van der Waals surface area contributed by atoms with Crippen LogP contribution in [0.25, 0.3) is 0 Å². The second-order valence-electron chi connectivity index (χ2n) is 4.29. The number of sulfonamides is 1. The van der Waals surface area contributed by atoms with Gasteiger partial charge in [-0.2, -0.15) is 0 Å². The van der Waals surface area contributed by atoms with E-state index in [0.717, 1.165) is 11.1 Å². The van der Waals surface area contributed by atoms with Crippen LogP contribution in [0.3, 0.4) is 0 Å². The van der Waals surface area contributed by atoms with Crippen molar-refractivity contribution >= 4 is 15.7 Å². The number of aryl methyl sites for hydroxylation is 2. The average Bonchev–Trinajstić information content (AvgIpc) is 2.29. The van der Waals surface area contributed by atoms with Gasteiger partial charge >= 0.3 is 0 Å². The largest absolute Gasteiger partial charge is 1.00 e. The van der Waals surface area contributed by atoms with E-state index in [0.29, 0.717) is 5.69 Å². The first-order valence-corrected chi connectivity index (χ1v) is 7.12. The molecule has 0 aliphatic carbocycles. The van der Waals surface area contributed by atoms with Crippen LogP contribution < -0.4 is 9.43 Å². The number of nitrogens with one attached hydrogen (secondary N) is 1. The van der Waals surface area contributed by atoms with E-state index in [9.17, 15) is 8.42 Å². The Morgan fingerprint density at radius 3 is 2.11 bits per heavy atom. The Hall–Kier alpha value is -1.88. The fourth-order valence-electron chi connectivity index (χ4n) is 1.64. The van der Waals surface area contributed by atoms with Gasteiger partial charge < -0.3 is 4.70 Å². The van der Waals surface area contributed by atoms with Crippen LogP contribution in [0.4, 0.5) is 5.69 Å². The highest BCUT2D eigenvalue weighted by Gasteiger charge is 2.13. The smallest absolute Gasteiger partial charge is 0.261 e. The van der Waals surface area contributed by atoms with Crippen LogP contribution >= 0.6 is 0 Å². The zero-order valence-electron chi connectivity index (χ0n) is 10.7. The van der Waals surface area contributed by atoms with Crippen molar-refractivity contribution in [3.05, 3.63) is 59.7 Å². The van der Waals surface area contributed by atoms with Gasteiger partial charge in [-0.25, -0.2) is 8.42 Å². The summed E-state index contributed by atoms with van der Waals surface area (Å²) in [6.45, 7) is 3.84. The molecule has 2 rings (SSSR count). The van der Waals surface area contributed by atoms with Crippen molar-refractivity contribution in [3.8, 4) is 0 Å². The SMILES string of the molecule is Cc1ccc(S(=O)(=O)Nc2cccc(C)c2)cc1.[F-]. The fraction of sp³-hybridized carbons (Fsp3) is 0.143. The molecule has 0 bridgehead atoms. The zero-order valence-corrected chi connectivity index (χ0v) is 11.5. The van der Waals surface area contributed by atoms with Crippen LogP contribution in [0.5, 0.6) is 0 Å². The van der Waals surface area contributed by atoms with E-state index >= 15 is 0 Å². The molecule has 0 unspecified atom stereocenters. The van der Waals surface area contributed by atoms with Crippen LogP contribution in [0, 0.1) is 13.8 Å². The minimum atomic E-state index is -3.50. The van der Waals surface area contributed by atoms with Gasteiger partial charge in [0.2, 0.25) is 0 Å². The quantitative estimate of drug-likeness (QED) is 0.867. The second-order valence-corrected chi connectivity index (χ2v) is 5.97. The molecular formula is C14H15FNO2S-. The molecule has 5 heteroatoms. The maximum absolute atomic E-state index is 12.1. The molecule has 0 aliphatic heterocycles. The van der Waals surface area contributed by atoms with E-state index in [1.807, 2.05) is 26.0 Å². The lowest BCUT2D eigenvalue weighted by Crippen LogP contribution is -3.00. The lowest BCUT2D eigenvalue weighted by atomic mass is 10.2. The summed E-state index contributed by atoms with van der Waals surface area (Å²) in [6.07, 6.45) is 0. The molecule has 0 spiro atoms. The Morgan fingerprint density at radius 2 is 1.53 bits per heavy atom. The van der Waals surface area contributed by atoms with Gasteiger partial charge in [0, 0.05) is 5.69 Å². The van der Waals surface area contributed by atoms with E-state index in [-0.39, 0.29) is 9.60 Å². The standard InChI is InChI=1S/C14H15NO2S.FH/c1-11-6-8-14(9-7-11)18(16,17)15-13-5-3-4-12(2)10-13;/h3-10,15H,1-2H3;1H/p-1. The Labute approximate surface area is 112 Å². The van der Waals surface area contributed by atoms with Gasteiger partial charge in [0.1, 0.15) is 0 Å². The van der Waals surface area contributed by atoms with Crippen molar-refractivity contribution in [1.29, 1.82) is 0 Å². The van der Waals surface area contributed by atoms with Gasteiger partial charge in [-0.1, -0.05) is 29.8 Å². The fourth-order valence-corrected chi connectivity index (χ4v) is 2.69. The molecule has 0 fully saturated rings. The first-order valence-electron chi connectivity index (χ1n) is 5.63. The average molecular weight is 280 g/mol. The minimum absolute atomic E-state index is 0. The molecule has 3 nitrogen and oxygen atoms in total. The molecule has 19 heavy (non-hydrogen) atoms. The highest BCUT2D eigenvalue weighted by atomic mass is 32.2. The summed E-state index contributed by atoms with van der Waals surface area (Å²) in [5.74, 6) is 0. The number of rotatable bonds is 3. The molecule has 0 aliphatic rings. The summed E-state index contributed by atoms with van der Waals surface area (Å²) in [5, 5.41) is 0. The summed E-state index contributed by atoms with van der Waals surface area (Å²) in [6, 6.07) is 14.0. The number of benzene rings is 2. The summed E-state index contributed by atoms with van der Waals surface area (Å²) in [4.78, 5) is 0.273. The summed E-state index contributed by atoms with van der Waals surface area (Å²) < 4.78 is 26.8. The third-order valence-corrected chi connectivity index (χ3v) is 4.00. The van der Waals surface area contributed by atoms with Gasteiger partial charge in [0.15, 0.2) is 0 Å². The van der Waals surface area contributed by atoms with Gasteiger partial charge in [-0.05, 0) is 43.7 Å². The molecule has 0 amide bonds. The van der Waals surface area contributed by atoms with Crippen molar-refractivity contribution in [1.82, 2.24) is 0 Å². The summed E-state index contributed by atoms with van der Waals surface area (Å²) in [7, 11) is -3.50. The topological polar surface area (TPSA) is 46.2 Å². The van der Waals surface area contributed by atoms with Crippen LogP contribution in [-0.4, -0.2) is 8.42 Å². The molecule has 2 aromatic carbocycles. The molecule has 2 aromatic rings. The molecule has 1 N–H and O–H groups in total. The molecular weight excluding hydrogens is 265 g/mol. The minimum Gasteiger partial charge on any atom is -1.00 e. The monoisotopic (exact) mass is 280 g/mol. The zero-order chi connectivity index (χ0) is 13.2. The van der Waals surface area contributed by atoms with Crippen LogP contribution in [0.2, 0.25) is 0 Å². The molecule has 0 radical (unpaired) electrons. The van der Waals surface area contributed by atoms with Crippen molar-refractivity contribution in [2.75, 3.05) is 4.72 Å². The van der Waals surface area contributed by atoms with E-state index < -0.39 is 10.0 Å². The van der Waals surface area contributed by atoms with Crippen LogP contribution in [-0.2, 0) is 10.0 Å². The van der Waals surface area contributed by atoms with Crippen LogP contribution in [0.1, 0.15) is 11.1 Å². The van der Waals surface area contributed by atoms with E-state index in [1.165, 1.54) is 0 Å². The number of hydrogen-bond donors (Lipinski definition) is 1. The number of hydrogen-bond acceptors (Lipinski definition) is 2. The lowest BCUT2D eigenvalue weighted by Gasteiger charge is -2.08. The second kappa shape index (κ2) is 5.84. The molecule has 0 heterocycles. The van der Waals surface area contributed by atoms with Gasteiger partial charge in [-0.3, -0.25) is 4.72 Å². The van der Waals surface area contributed by atoms with E-state index in [4.69, 9.17) is 0 Å². The van der Waals surface area contributed by atoms with Crippen molar-refractivity contribution < 1.29 is 13.1 Å². The predicted molar refractivity (Wildman–Crippen MR) is 73.2 cm³/mol. The van der Waals surface area contributed by atoms with Gasteiger partial charge in [0.25, 0.3) is 10.0 Å². The maximum Gasteiger partial charge on any atom is 0.261 e. The molecule has 0 atom stereocenters. The molecule has 0 saturated carbocycles. The number of anilines is 1. The Bertz CT molecular complexity index is 651. The summed E-state index contributed by atoms with van der Waals surface area (Å²) in [5.41, 5.74) is 2.62. The first kappa shape index (κ1) is 15.2. The third-order valence-electron chi connectivity index (χ3n) is 2.60. The highest BCUT2D eigenvalue weighted by molar-refractivity contribution is 7.92. The van der Waals surface area contributed by atoms with Crippen LogP contribution in [0.15, 0.2) is 53.4 Å². The Morgan fingerprint density at radius 1 is 0.895 bits per heavy atom. The van der Waals surface area contributed by atoms with Gasteiger partial charge in [-0.15, -0.1) is 0 Å². The van der Waals surface area contributed by atoms with Crippen molar-refractivity contribution in [3.63, 3.8) is 0 Å². The first-order chi connectivity index (χ1) is 8.47. The molecule has 102 valence electrons. The maximum atomic E-state index is 12.1. The number of halogens is 1. The highest BCUT2D eigenvalue weighted by Crippen LogP contribution is 2.17. The summed E-state index contributed by atoms with van der Waals surface area (Å²) >= 11 is 0. The Balaban J connectivity index is 0.00000180. The van der Waals surface area contributed by atoms with Gasteiger partial charge in [0.05, 0.1) is 4.90 Å². The predicted octanol–water partition coefficient (Wildman–Crippen LogP) is 0.108.